The van der Waals surface area contributed by atoms with E-state index in [9.17, 15) is 12.8 Å². The number of nitrogen functional groups attached to an aromatic ring is 1. The van der Waals surface area contributed by atoms with Crippen LogP contribution in [0, 0.1) is 5.82 Å². The van der Waals surface area contributed by atoms with Crippen LogP contribution in [0.4, 0.5) is 10.1 Å². The van der Waals surface area contributed by atoms with Crippen LogP contribution in [0.3, 0.4) is 0 Å². The number of halogens is 1. The minimum absolute atomic E-state index is 0.0841. The number of hydrogen-bond donors (Lipinski definition) is 2. The summed E-state index contributed by atoms with van der Waals surface area (Å²) in [6.45, 7) is 0.0841. The van der Waals surface area contributed by atoms with Gasteiger partial charge < -0.3 is 5.73 Å². The lowest BCUT2D eigenvalue weighted by atomic mass is 10.3. The molecule has 100 valence electrons. The number of benzene rings is 1. The van der Waals surface area contributed by atoms with Crippen LogP contribution >= 0.6 is 0 Å². The summed E-state index contributed by atoms with van der Waals surface area (Å²) in [5.41, 5.74) is 5.79. The van der Waals surface area contributed by atoms with Crippen molar-refractivity contribution >= 4 is 15.7 Å². The summed E-state index contributed by atoms with van der Waals surface area (Å²) in [5, 5.41) is 0. The molecule has 0 atom stereocenters. The molecule has 0 spiro atoms. The Morgan fingerprint density at radius 2 is 1.89 bits per heavy atom. The number of hydrogen-bond acceptors (Lipinski definition) is 4. The van der Waals surface area contributed by atoms with Crippen molar-refractivity contribution in [2.45, 2.75) is 11.4 Å². The van der Waals surface area contributed by atoms with E-state index in [1.54, 1.807) is 24.5 Å². The molecule has 0 saturated heterocycles. The minimum atomic E-state index is -3.85. The van der Waals surface area contributed by atoms with Crippen LogP contribution in [-0.2, 0) is 16.6 Å². The molecule has 7 heteroatoms. The zero-order chi connectivity index (χ0) is 13.9. The van der Waals surface area contributed by atoms with Gasteiger partial charge in [-0.25, -0.2) is 17.5 Å². The largest absolute Gasteiger partial charge is 0.395 e. The fraction of sp³-hybridized carbons (Fsp3) is 0.0833. The van der Waals surface area contributed by atoms with Gasteiger partial charge in [0.1, 0.15) is 10.7 Å². The van der Waals surface area contributed by atoms with Gasteiger partial charge in [-0.2, -0.15) is 0 Å². The van der Waals surface area contributed by atoms with Gasteiger partial charge in [-0.3, -0.25) is 4.98 Å². The number of nitrogens with two attached hydrogens (primary N) is 1. The van der Waals surface area contributed by atoms with E-state index in [1.807, 2.05) is 0 Å². The molecule has 0 amide bonds. The maximum Gasteiger partial charge on any atom is 0.243 e. The Bertz CT molecular complexity index is 675. The predicted molar refractivity (Wildman–Crippen MR) is 69.1 cm³/mol. The van der Waals surface area contributed by atoms with Crippen LogP contribution in [0.25, 0.3) is 0 Å². The highest BCUT2D eigenvalue weighted by molar-refractivity contribution is 7.89. The summed E-state index contributed by atoms with van der Waals surface area (Å²) in [4.78, 5) is 3.56. The Labute approximate surface area is 110 Å². The fourth-order valence-corrected chi connectivity index (χ4v) is 2.67. The SMILES string of the molecule is Nc1c(F)cccc1S(=O)(=O)NCc1ccncc1. The maximum atomic E-state index is 13.2. The topological polar surface area (TPSA) is 85.1 Å². The average Bonchev–Trinajstić information content (AvgIpc) is 2.41. The molecule has 0 fully saturated rings. The molecule has 2 rings (SSSR count). The summed E-state index contributed by atoms with van der Waals surface area (Å²) < 4.78 is 39.6. The van der Waals surface area contributed by atoms with E-state index in [-0.39, 0.29) is 17.1 Å². The van der Waals surface area contributed by atoms with E-state index in [0.29, 0.717) is 0 Å². The first kappa shape index (κ1) is 13.4. The summed E-state index contributed by atoms with van der Waals surface area (Å²) in [7, 11) is -3.85. The number of pyridine rings is 1. The average molecular weight is 281 g/mol. The molecule has 0 aliphatic rings. The maximum absolute atomic E-state index is 13.2. The van der Waals surface area contributed by atoms with Crippen molar-refractivity contribution in [1.29, 1.82) is 0 Å². The number of nitrogens with zero attached hydrogens (tertiary/aromatic N) is 1. The first-order chi connectivity index (χ1) is 9.00. The van der Waals surface area contributed by atoms with Gasteiger partial charge in [-0.1, -0.05) is 6.07 Å². The Hall–Kier alpha value is -1.99. The number of anilines is 1. The normalized spacial score (nSPS) is 11.4. The highest BCUT2D eigenvalue weighted by atomic mass is 32.2. The van der Waals surface area contributed by atoms with Crippen molar-refractivity contribution < 1.29 is 12.8 Å². The zero-order valence-electron chi connectivity index (χ0n) is 9.88. The lowest BCUT2D eigenvalue weighted by Crippen LogP contribution is -2.24. The summed E-state index contributed by atoms with van der Waals surface area (Å²) >= 11 is 0. The van der Waals surface area contributed by atoms with Gasteiger partial charge >= 0.3 is 0 Å². The number of aromatic nitrogens is 1. The van der Waals surface area contributed by atoms with Gasteiger partial charge in [0.05, 0.1) is 5.69 Å². The molecule has 5 nitrogen and oxygen atoms in total. The van der Waals surface area contributed by atoms with Crippen LogP contribution in [0.15, 0.2) is 47.6 Å². The number of sulfonamides is 1. The van der Waals surface area contributed by atoms with Crippen LogP contribution in [0.1, 0.15) is 5.56 Å². The van der Waals surface area contributed by atoms with Crippen molar-refractivity contribution in [2.24, 2.45) is 0 Å². The molecule has 0 saturated carbocycles. The molecule has 3 N–H and O–H groups in total. The standard InChI is InChI=1S/C12H12FN3O2S/c13-10-2-1-3-11(12(10)14)19(17,18)16-8-9-4-6-15-7-5-9/h1-7,16H,8,14H2. The third-order valence-corrected chi connectivity index (χ3v) is 3.98. The van der Waals surface area contributed by atoms with Crippen molar-refractivity contribution in [2.75, 3.05) is 5.73 Å². The highest BCUT2D eigenvalue weighted by Gasteiger charge is 2.18. The van der Waals surface area contributed by atoms with Gasteiger partial charge in [0.25, 0.3) is 0 Å². The van der Waals surface area contributed by atoms with Gasteiger partial charge in [-0.05, 0) is 29.8 Å². The van der Waals surface area contributed by atoms with Gasteiger partial charge in [-0.15, -0.1) is 0 Å². The van der Waals surface area contributed by atoms with Gasteiger partial charge in [0.15, 0.2) is 0 Å². The molecule has 0 aliphatic carbocycles. The fourth-order valence-electron chi connectivity index (χ4n) is 1.51. The first-order valence-corrected chi connectivity index (χ1v) is 6.91. The van der Waals surface area contributed by atoms with Crippen LogP contribution in [-0.4, -0.2) is 13.4 Å². The van der Waals surface area contributed by atoms with Gasteiger partial charge in [0, 0.05) is 18.9 Å². The molecular weight excluding hydrogens is 269 g/mol. The lowest BCUT2D eigenvalue weighted by Gasteiger charge is -2.09. The molecule has 0 bridgehead atoms. The van der Waals surface area contributed by atoms with E-state index in [1.165, 1.54) is 12.1 Å². The van der Waals surface area contributed by atoms with Crippen LogP contribution in [0.5, 0.6) is 0 Å². The van der Waals surface area contributed by atoms with E-state index in [2.05, 4.69) is 9.71 Å². The van der Waals surface area contributed by atoms with Gasteiger partial charge in [0.2, 0.25) is 10.0 Å². The second-order valence-electron chi connectivity index (χ2n) is 3.83. The molecule has 1 aromatic heterocycles. The Kier molecular flexibility index (Phi) is 3.77. The summed E-state index contributed by atoms with van der Waals surface area (Å²) in [5.74, 6) is -0.758. The highest BCUT2D eigenvalue weighted by Crippen LogP contribution is 2.20. The van der Waals surface area contributed by atoms with Crippen molar-refractivity contribution in [3.8, 4) is 0 Å². The number of para-hydroxylation sites is 1. The van der Waals surface area contributed by atoms with E-state index in [0.717, 1.165) is 11.6 Å². The Morgan fingerprint density at radius 3 is 2.58 bits per heavy atom. The third kappa shape index (κ3) is 3.07. The number of rotatable bonds is 4. The van der Waals surface area contributed by atoms with Crippen molar-refractivity contribution in [3.05, 3.63) is 54.1 Å². The quantitative estimate of drug-likeness (QED) is 0.827. The predicted octanol–water partition coefficient (Wildman–Crippen LogP) is 1.28. The second-order valence-corrected chi connectivity index (χ2v) is 5.57. The molecule has 1 aromatic carbocycles. The molecule has 0 aliphatic heterocycles. The monoisotopic (exact) mass is 281 g/mol. The number of nitrogens with one attached hydrogen (secondary N) is 1. The van der Waals surface area contributed by atoms with E-state index >= 15 is 0 Å². The van der Waals surface area contributed by atoms with Crippen molar-refractivity contribution in [1.82, 2.24) is 9.71 Å². The molecule has 1 heterocycles. The summed E-state index contributed by atoms with van der Waals surface area (Å²) in [6.07, 6.45) is 3.11. The lowest BCUT2D eigenvalue weighted by molar-refractivity contribution is 0.579. The smallest absolute Gasteiger partial charge is 0.243 e. The van der Waals surface area contributed by atoms with E-state index < -0.39 is 15.8 Å². The molecule has 0 radical (unpaired) electrons. The molecule has 19 heavy (non-hydrogen) atoms. The Balaban J connectivity index is 2.22. The third-order valence-electron chi connectivity index (χ3n) is 2.52. The minimum Gasteiger partial charge on any atom is -0.395 e. The second kappa shape index (κ2) is 5.33. The molecular formula is C12H12FN3O2S. The van der Waals surface area contributed by atoms with Crippen LogP contribution < -0.4 is 10.5 Å². The molecule has 2 aromatic rings. The van der Waals surface area contributed by atoms with Crippen molar-refractivity contribution in [3.63, 3.8) is 0 Å². The Morgan fingerprint density at radius 1 is 1.21 bits per heavy atom. The summed E-state index contributed by atoms with van der Waals surface area (Å²) in [6, 6.07) is 7.02. The molecule has 0 unspecified atom stereocenters. The van der Waals surface area contributed by atoms with Crippen LogP contribution in [0.2, 0.25) is 0 Å². The first-order valence-electron chi connectivity index (χ1n) is 5.43. The zero-order valence-corrected chi connectivity index (χ0v) is 10.7. The van der Waals surface area contributed by atoms with E-state index in [4.69, 9.17) is 5.73 Å².